The number of halogens is 5. The molecule has 0 saturated carbocycles. The summed E-state index contributed by atoms with van der Waals surface area (Å²) >= 11 is 0. The Morgan fingerprint density at radius 1 is 1.05 bits per heavy atom. The number of benzene rings is 1. The molecule has 0 radical (unpaired) electrons. The third-order valence-corrected chi connectivity index (χ3v) is 2.74. The summed E-state index contributed by atoms with van der Waals surface area (Å²) in [6.07, 6.45) is -3.11. The van der Waals surface area contributed by atoms with Gasteiger partial charge in [0.05, 0.1) is 5.56 Å². The zero-order chi connectivity index (χ0) is 15.5. The van der Waals surface area contributed by atoms with Gasteiger partial charge in [-0.3, -0.25) is 0 Å². The van der Waals surface area contributed by atoms with Crippen LogP contribution in [0.2, 0.25) is 0 Å². The summed E-state index contributed by atoms with van der Waals surface area (Å²) in [6, 6.07) is 5.10. The number of hydrogen-bond acceptors (Lipinski definition) is 2. The fraction of sp³-hybridized carbons (Fsp3) is 0.214. The number of pyridine rings is 1. The first-order valence-electron chi connectivity index (χ1n) is 6.07. The standard InChI is InChI=1S/C14H11F5N2/c15-10-6-9(7-11(16)8-10)3-5-21-13-12(14(17,18)19)2-1-4-20-13/h1-2,4,6-8H,3,5H2,(H,20,21). The lowest BCUT2D eigenvalue weighted by molar-refractivity contribution is -0.137. The van der Waals surface area contributed by atoms with Crippen LogP contribution in [-0.4, -0.2) is 11.5 Å². The molecular formula is C14H11F5N2. The van der Waals surface area contributed by atoms with Crippen LogP contribution in [0.25, 0.3) is 0 Å². The van der Waals surface area contributed by atoms with Gasteiger partial charge < -0.3 is 5.32 Å². The van der Waals surface area contributed by atoms with Crippen LogP contribution in [0.1, 0.15) is 11.1 Å². The van der Waals surface area contributed by atoms with Gasteiger partial charge in [0.15, 0.2) is 0 Å². The minimum absolute atomic E-state index is 0.0724. The summed E-state index contributed by atoms with van der Waals surface area (Å²) in [5.41, 5.74) is -0.528. The van der Waals surface area contributed by atoms with E-state index in [0.717, 1.165) is 24.3 Å². The van der Waals surface area contributed by atoms with Crippen molar-refractivity contribution in [2.75, 3.05) is 11.9 Å². The Morgan fingerprint density at radius 3 is 2.33 bits per heavy atom. The van der Waals surface area contributed by atoms with Crippen molar-refractivity contribution in [2.24, 2.45) is 0 Å². The number of hydrogen-bond donors (Lipinski definition) is 1. The molecule has 1 aromatic heterocycles. The maximum absolute atomic E-state index is 13.0. The third-order valence-electron chi connectivity index (χ3n) is 2.74. The third kappa shape index (κ3) is 4.14. The van der Waals surface area contributed by atoms with Crippen LogP contribution >= 0.6 is 0 Å². The lowest BCUT2D eigenvalue weighted by Gasteiger charge is -2.13. The van der Waals surface area contributed by atoms with E-state index in [9.17, 15) is 22.0 Å². The monoisotopic (exact) mass is 302 g/mol. The molecule has 1 heterocycles. The SMILES string of the molecule is Fc1cc(F)cc(CCNc2ncccc2C(F)(F)F)c1. The van der Waals surface area contributed by atoms with Crippen molar-refractivity contribution in [1.29, 1.82) is 0 Å². The largest absolute Gasteiger partial charge is 0.419 e. The topological polar surface area (TPSA) is 24.9 Å². The van der Waals surface area contributed by atoms with Gasteiger partial charge in [0.2, 0.25) is 0 Å². The van der Waals surface area contributed by atoms with E-state index in [1.807, 2.05) is 0 Å². The maximum atomic E-state index is 13.0. The fourth-order valence-corrected chi connectivity index (χ4v) is 1.86. The van der Waals surface area contributed by atoms with E-state index in [1.165, 1.54) is 12.3 Å². The van der Waals surface area contributed by atoms with Crippen LogP contribution in [0.3, 0.4) is 0 Å². The Labute approximate surface area is 117 Å². The summed E-state index contributed by atoms with van der Waals surface area (Å²) < 4.78 is 64.1. The second-order valence-corrected chi connectivity index (χ2v) is 4.35. The van der Waals surface area contributed by atoms with Gasteiger partial charge in [-0.1, -0.05) is 0 Å². The molecule has 2 nitrogen and oxygen atoms in total. The van der Waals surface area contributed by atoms with E-state index in [2.05, 4.69) is 10.3 Å². The van der Waals surface area contributed by atoms with Gasteiger partial charge in [-0.25, -0.2) is 13.8 Å². The van der Waals surface area contributed by atoms with E-state index in [1.54, 1.807) is 0 Å². The lowest BCUT2D eigenvalue weighted by atomic mass is 10.1. The average molecular weight is 302 g/mol. The molecule has 1 aromatic carbocycles. The number of alkyl halides is 3. The molecule has 0 saturated heterocycles. The van der Waals surface area contributed by atoms with Crippen LogP contribution in [0.5, 0.6) is 0 Å². The van der Waals surface area contributed by atoms with Crippen molar-refractivity contribution in [3.8, 4) is 0 Å². The van der Waals surface area contributed by atoms with Crippen LogP contribution in [0.4, 0.5) is 27.8 Å². The fourth-order valence-electron chi connectivity index (χ4n) is 1.86. The van der Waals surface area contributed by atoms with Crippen molar-refractivity contribution in [3.63, 3.8) is 0 Å². The molecule has 0 aliphatic heterocycles. The van der Waals surface area contributed by atoms with Crippen molar-refractivity contribution >= 4 is 5.82 Å². The van der Waals surface area contributed by atoms with Crippen LogP contribution in [-0.2, 0) is 12.6 Å². The van der Waals surface area contributed by atoms with Crippen LogP contribution < -0.4 is 5.32 Å². The second-order valence-electron chi connectivity index (χ2n) is 4.35. The first-order valence-corrected chi connectivity index (χ1v) is 6.07. The highest BCUT2D eigenvalue weighted by Crippen LogP contribution is 2.33. The summed E-state index contributed by atoms with van der Waals surface area (Å²) in [5.74, 6) is -1.75. The Morgan fingerprint density at radius 2 is 1.71 bits per heavy atom. The first-order chi connectivity index (χ1) is 9.86. The molecule has 0 fully saturated rings. The highest BCUT2D eigenvalue weighted by atomic mass is 19.4. The Bertz CT molecular complexity index is 605. The molecule has 0 spiro atoms. The molecule has 2 aromatic rings. The quantitative estimate of drug-likeness (QED) is 0.862. The number of aromatic nitrogens is 1. The van der Waals surface area contributed by atoms with Gasteiger partial charge >= 0.3 is 6.18 Å². The molecule has 2 rings (SSSR count). The van der Waals surface area contributed by atoms with E-state index in [4.69, 9.17) is 0 Å². The van der Waals surface area contributed by atoms with E-state index in [-0.39, 0.29) is 18.8 Å². The predicted molar refractivity (Wildman–Crippen MR) is 67.8 cm³/mol. The van der Waals surface area contributed by atoms with Gasteiger partial charge in [-0.05, 0) is 36.2 Å². The summed E-state index contributed by atoms with van der Waals surface area (Å²) in [6.45, 7) is 0.0724. The van der Waals surface area contributed by atoms with Gasteiger partial charge in [0, 0.05) is 18.8 Å². The van der Waals surface area contributed by atoms with Crippen molar-refractivity contribution in [1.82, 2.24) is 4.98 Å². The van der Waals surface area contributed by atoms with Crippen LogP contribution in [0, 0.1) is 11.6 Å². The Balaban J connectivity index is 2.04. The summed E-state index contributed by atoms with van der Waals surface area (Å²) in [5, 5.41) is 2.53. The van der Waals surface area contributed by atoms with E-state index in [0.29, 0.717) is 5.56 Å². The molecule has 21 heavy (non-hydrogen) atoms. The zero-order valence-electron chi connectivity index (χ0n) is 10.7. The van der Waals surface area contributed by atoms with Gasteiger partial charge in [0.1, 0.15) is 17.5 Å². The normalized spacial score (nSPS) is 11.5. The molecule has 0 amide bonds. The van der Waals surface area contributed by atoms with Crippen molar-refractivity contribution < 1.29 is 22.0 Å². The van der Waals surface area contributed by atoms with E-state index >= 15 is 0 Å². The predicted octanol–water partition coefficient (Wildman–Crippen LogP) is 4.03. The summed E-state index contributed by atoms with van der Waals surface area (Å²) in [7, 11) is 0. The summed E-state index contributed by atoms with van der Waals surface area (Å²) in [4.78, 5) is 3.63. The van der Waals surface area contributed by atoms with Crippen molar-refractivity contribution in [3.05, 3.63) is 59.3 Å². The van der Waals surface area contributed by atoms with Crippen LogP contribution in [0.15, 0.2) is 36.5 Å². The number of anilines is 1. The molecule has 0 aliphatic rings. The van der Waals surface area contributed by atoms with Gasteiger partial charge in [-0.15, -0.1) is 0 Å². The van der Waals surface area contributed by atoms with Gasteiger partial charge in [-0.2, -0.15) is 13.2 Å². The molecular weight excluding hydrogens is 291 g/mol. The lowest BCUT2D eigenvalue weighted by Crippen LogP contribution is -2.14. The first kappa shape index (κ1) is 15.2. The molecule has 1 N–H and O–H groups in total. The number of nitrogens with zero attached hydrogens (tertiary/aromatic N) is 1. The molecule has 112 valence electrons. The second kappa shape index (κ2) is 6.07. The highest BCUT2D eigenvalue weighted by Gasteiger charge is 2.33. The van der Waals surface area contributed by atoms with E-state index < -0.39 is 23.4 Å². The smallest absolute Gasteiger partial charge is 0.369 e. The zero-order valence-corrected chi connectivity index (χ0v) is 10.7. The van der Waals surface area contributed by atoms with Gasteiger partial charge in [0.25, 0.3) is 0 Å². The molecule has 7 heteroatoms. The van der Waals surface area contributed by atoms with Crippen molar-refractivity contribution in [2.45, 2.75) is 12.6 Å². The molecule has 0 aliphatic carbocycles. The maximum Gasteiger partial charge on any atom is 0.419 e. The highest BCUT2D eigenvalue weighted by molar-refractivity contribution is 5.45. The molecule has 0 atom stereocenters. The number of nitrogens with one attached hydrogen (secondary N) is 1. The Kier molecular flexibility index (Phi) is 4.40. The minimum atomic E-state index is -4.51. The Hall–Kier alpha value is -2.18. The molecule has 0 bridgehead atoms. The number of rotatable bonds is 4. The molecule has 0 unspecified atom stereocenters. The average Bonchev–Trinajstić information content (AvgIpc) is 2.37. The minimum Gasteiger partial charge on any atom is -0.369 e.